The van der Waals surface area contributed by atoms with Gasteiger partial charge < -0.3 is 5.32 Å². The van der Waals surface area contributed by atoms with Crippen LogP contribution in [0.3, 0.4) is 0 Å². The number of amides is 1. The normalized spacial score (nSPS) is 11.3. The molecule has 0 aliphatic heterocycles. The molecular weight excluding hydrogens is 334 g/mol. The van der Waals surface area contributed by atoms with Gasteiger partial charge in [-0.15, -0.1) is 11.3 Å². The molecule has 3 aromatic heterocycles. The standard InChI is InChI=1S/C15H13N3O3S2/c1-11-5-6-14(22-11)23(20,21)18-9-7-12(10-18)17-15(19)13-4-2-3-8-16-13/h2-10H,1H3,(H,17,19). The maximum atomic E-state index is 12.5. The van der Waals surface area contributed by atoms with E-state index in [0.717, 1.165) is 8.85 Å². The number of nitrogens with zero attached hydrogens (tertiary/aromatic N) is 2. The van der Waals surface area contributed by atoms with Gasteiger partial charge in [-0.2, -0.15) is 8.42 Å². The molecule has 0 saturated carbocycles. The monoisotopic (exact) mass is 347 g/mol. The molecule has 3 rings (SSSR count). The molecule has 0 fully saturated rings. The molecule has 118 valence electrons. The first-order chi connectivity index (χ1) is 11.0. The van der Waals surface area contributed by atoms with Crippen LogP contribution in [0.25, 0.3) is 0 Å². The summed E-state index contributed by atoms with van der Waals surface area (Å²) in [5.74, 6) is -0.396. The van der Waals surface area contributed by atoms with E-state index >= 15 is 0 Å². The van der Waals surface area contributed by atoms with E-state index in [4.69, 9.17) is 0 Å². The van der Waals surface area contributed by atoms with Crippen LogP contribution in [-0.2, 0) is 10.0 Å². The molecule has 0 unspecified atom stereocenters. The molecule has 8 heteroatoms. The van der Waals surface area contributed by atoms with Gasteiger partial charge in [0.05, 0.1) is 5.69 Å². The van der Waals surface area contributed by atoms with Gasteiger partial charge in [-0.1, -0.05) is 6.07 Å². The van der Waals surface area contributed by atoms with Gasteiger partial charge in [0.2, 0.25) is 0 Å². The number of hydrogen-bond donors (Lipinski definition) is 1. The molecule has 0 aromatic carbocycles. The van der Waals surface area contributed by atoms with Crippen molar-refractivity contribution in [1.82, 2.24) is 8.96 Å². The first kappa shape index (κ1) is 15.4. The van der Waals surface area contributed by atoms with Crippen molar-refractivity contribution in [2.75, 3.05) is 5.32 Å². The predicted molar refractivity (Wildman–Crippen MR) is 88.3 cm³/mol. The van der Waals surface area contributed by atoms with Gasteiger partial charge >= 0.3 is 0 Å². The van der Waals surface area contributed by atoms with Crippen LogP contribution in [-0.4, -0.2) is 23.3 Å². The van der Waals surface area contributed by atoms with Crippen molar-refractivity contribution in [3.05, 3.63) is 65.6 Å². The van der Waals surface area contributed by atoms with Crippen molar-refractivity contribution in [3.8, 4) is 0 Å². The first-order valence-electron chi connectivity index (χ1n) is 6.69. The number of aromatic nitrogens is 2. The molecule has 3 heterocycles. The number of aryl methyl sites for hydroxylation is 1. The highest BCUT2D eigenvalue weighted by molar-refractivity contribution is 7.92. The third kappa shape index (κ3) is 3.17. The highest BCUT2D eigenvalue weighted by atomic mass is 32.2. The number of carbonyl (C=O) groups excluding carboxylic acids is 1. The smallest absolute Gasteiger partial charge is 0.277 e. The average Bonchev–Trinajstić information content (AvgIpc) is 3.18. The summed E-state index contributed by atoms with van der Waals surface area (Å²) in [6.07, 6.45) is 4.29. The molecule has 3 aromatic rings. The fraction of sp³-hybridized carbons (Fsp3) is 0.0667. The van der Waals surface area contributed by atoms with E-state index in [9.17, 15) is 13.2 Å². The molecule has 1 amide bonds. The number of rotatable bonds is 4. The summed E-state index contributed by atoms with van der Waals surface area (Å²) in [4.78, 5) is 16.9. The summed E-state index contributed by atoms with van der Waals surface area (Å²) >= 11 is 1.20. The molecule has 0 aliphatic carbocycles. The average molecular weight is 347 g/mol. The topological polar surface area (TPSA) is 81.1 Å². The Morgan fingerprint density at radius 1 is 1.22 bits per heavy atom. The Bertz CT molecular complexity index is 943. The second-order valence-corrected chi connectivity index (χ2v) is 8.13. The Morgan fingerprint density at radius 3 is 2.70 bits per heavy atom. The van der Waals surface area contributed by atoms with Gasteiger partial charge in [-0.3, -0.25) is 9.78 Å². The molecule has 0 bridgehead atoms. The molecule has 23 heavy (non-hydrogen) atoms. The van der Waals surface area contributed by atoms with Gasteiger partial charge in [0.15, 0.2) is 0 Å². The van der Waals surface area contributed by atoms with Gasteiger partial charge in [0.25, 0.3) is 15.9 Å². The predicted octanol–water partition coefficient (Wildman–Crippen LogP) is 2.74. The summed E-state index contributed by atoms with van der Waals surface area (Å²) in [7, 11) is -3.63. The van der Waals surface area contributed by atoms with Crippen molar-refractivity contribution >= 4 is 33.0 Å². The lowest BCUT2D eigenvalue weighted by molar-refractivity contribution is 0.102. The molecule has 0 aliphatic rings. The highest BCUT2D eigenvalue weighted by Gasteiger charge is 2.19. The van der Waals surface area contributed by atoms with Crippen molar-refractivity contribution in [3.63, 3.8) is 0 Å². The third-order valence-electron chi connectivity index (χ3n) is 3.07. The van der Waals surface area contributed by atoms with E-state index < -0.39 is 15.9 Å². The molecule has 0 saturated heterocycles. The van der Waals surface area contributed by atoms with E-state index in [0.29, 0.717) is 5.69 Å². The van der Waals surface area contributed by atoms with Crippen LogP contribution in [0.2, 0.25) is 0 Å². The Labute approximate surface area is 137 Å². The number of nitrogens with one attached hydrogen (secondary N) is 1. The lowest BCUT2D eigenvalue weighted by atomic mass is 10.3. The summed E-state index contributed by atoms with van der Waals surface area (Å²) in [5.41, 5.74) is 0.648. The second-order valence-electron chi connectivity index (χ2n) is 4.77. The van der Waals surface area contributed by atoms with Crippen molar-refractivity contribution in [2.45, 2.75) is 11.1 Å². The Kier molecular flexibility index (Phi) is 4.01. The zero-order valence-corrected chi connectivity index (χ0v) is 13.8. The number of thiophene rings is 1. The largest absolute Gasteiger partial charge is 0.319 e. The Hall–Kier alpha value is -2.45. The van der Waals surface area contributed by atoms with Crippen LogP contribution in [0.15, 0.2) is 59.2 Å². The fourth-order valence-electron chi connectivity index (χ4n) is 1.95. The van der Waals surface area contributed by atoms with E-state index in [2.05, 4.69) is 10.3 Å². The molecule has 0 atom stereocenters. The van der Waals surface area contributed by atoms with Crippen molar-refractivity contribution in [2.24, 2.45) is 0 Å². The minimum atomic E-state index is -3.63. The van der Waals surface area contributed by atoms with Crippen molar-refractivity contribution in [1.29, 1.82) is 0 Å². The van der Waals surface area contributed by atoms with Gasteiger partial charge in [0, 0.05) is 23.5 Å². The molecular formula is C15H13N3O3S2. The maximum absolute atomic E-state index is 12.5. The SMILES string of the molecule is Cc1ccc(S(=O)(=O)n2ccc(NC(=O)c3ccccn3)c2)s1. The fourth-order valence-corrected chi connectivity index (χ4v) is 4.53. The van der Waals surface area contributed by atoms with Crippen LogP contribution in [0, 0.1) is 6.92 Å². The van der Waals surface area contributed by atoms with Gasteiger partial charge in [0.1, 0.15) is 9.90 Å². The van der Waals surface area contributed by atoms with Crippen LogP contribution in [0.4, 0.5) is 5.69 Å². The lowest BCUT2D eigenvalue weighted by Crippen LogP contribution is -2.13. The minimum absolute atomic E-state index is 0.258. The minimum Gasteiger partial charge on any atom is -0.319 e. The van der Waals surface area contributed by atoms with Crippen molar-refractivity contribution < 1.29 is 13.2 Å². The summed E-state index contributed by atoms with van der Waals surface area (Å²) in [5, 5.41) is 2.62. The third-order valence-corrected chi connectivity index (χ3v) is 6.17. The van der Waals surface area contributed by atoms with Crippen LogP contribution >= 0.6 is 11.3 Å². The number of pyridine rings is 1. The van der Waals surface area contributed by atoms with E-state index in [1.165, 1.54) is 36.0 Å². The quantitative estimate of drug-likeness (QED) is 0.787. The number of anilines is 1. The number of hydrogen-bond acceptors (Lipinski definition) is 5. The second kappa shape index (κ2) is 5.98. The molecule has 0 spiro atoms. The lowest BCUT2D eigenvalue weighted by Gasteiger charge is -2.03. The first-order valence-corrected chi connectivity index (χ1v) is 8.95. The zero-order valence-electron chi connectivity index (χ0n) is 12.1. The van der Waals surface area contributed by atoms with Crippen LogP contribution in [0.1, 0.15) is 15.4 Å². The summed E-state index contributed by atoms with van der Waals surface area (Å²) in [6, 6.07) is 9.85. The Balaban J connectivity index is 1.82. The van der Waals surface area contributed by atoms with Gasteiger partial charge in [-0.25, -0.2) is 3.97 Å². The zero-order chi connectivity index (χ0) is 16.4. The van der Waals surface area contributed by atoms with E-state index in [-0.39, 0.29) is 9.90 Å². The van der Waals surface area contributed by atoms with Gasteiger partial charge in [-0.05, 0) is 37.3 Å². The summed E-state index contributed by atoms with van der Waals surface area (Å²) < 4.78 is 26.3. The highest BCUT2D eigenvalue weighted by Crippen LogP contribution is 2.24. The molecule has 1 N–H and O–H groups in total. The summed E-state index contributed by atoms with van der Waals surface area (Å²) in [6.45, 7) is 1.85. The van der Waals surface area contributed by atoms with Crippen LogP contribution in [0.5, 0.6) is 0 Å². The Morgan fingerprint density at radius 2 is 2.04 bits per heavy atom. The molecule has 6 nitrogen and oxygen atoms in total. The maximum Gasteiger partial charge on any atom is 0.277 e. The van der Waals surface area contributed by atoms with Crippen LogP contribution < -0.4 is 5.32 Å². The molecule has 0 radical (unpaired) electrons. The van der Waals surface area contributed by atoms with E-state index in [1.54, 1.807) is 30.3 Å². The van der Waals surface area contributed by atoms with E-state index in [1.807, 2.05) is 6.92 Å². The number of carbonyl (C=O) groups is 1.